The van der Waals surface area contributed by atoms with Crippen molar-refractivity contribution in [2.45, 2.75) is 12.8 Å². The summed E-state index contributed by atoms with van der Waals surface area (Å²) >= 11 is 0. The molecule has 0 saturated heterocycles. The van der Waals surface area contributed by atoms with Crippen LogP contribution in [0.1, 0.15) is 28.8 Å². The van der Waals surface area contributed by atoms with E-state index in [0.29, 0.717) is 5.56 Å². The molecule has 1 aliphatic carbocycles. The van der Waals surface area contributed by atoms with Gasteiger partial charge in [-0.1, -0.05) is 12.1 Å². The fraction of sp³-hybridized carbons (Fsp3) is 0.222. The predicted molar refractivity (Wildman–Crippen MR) is 77.5 cm³/mol. The van der Waals surface area contributed by atoms with Crippen molar-refractivity contribution in [3.05, 3.63) is 71.3 Å². The topological polar surface area (TPSA) is 34.1 Å². The van der Waals surface area contributed by atoms with E-state index in [1.54, 1.807) is 12.1 Å². The molecule has 1 aliphatic rings. The van der Waals surface area contributed by atoms with Crippen molar-refractivity contribution >= 4 is 11.6 Å². The highest BCUT2D eigenvalue weighted by Crippen LogP contribution is 2.55. The van der Waals surface area contributed by atoms with Gasteiger partial charge in [0.2, 0.25) is 0 Å². The summed E-state index contributed by atoms with van der Waals surface area (Å²) in [5.74, 6) is -2.06. The lowest BCUT2D eigenvalue weighted by Gasteiger charge is -2.01. The minimum Gasteiger partial charge on any atom is -0.300 e. The van der Waals surface area contributed by atoms with Crippen molar-refractivity contribution < 1.29 is 18.4 Å². The Morgan fingerprint density at radius 1 is 0.818 bits per heavy atom. The van der Waals surface area contributed by atoms with Crippen LogP contribution in [0.5, 0.6) is 0 Å². The summed E-state index contributed by atoms with van der Waals surface area (Å²) in [6.07, 6.45) is 0. The number of carbonyl (C=O) groups is 2. The minimum atomic E-state index is -0.451. The Bertz CT molecular complexity index is 720. The van der Waals surface area contributed by atoms with Crippen LogP contribution in [0, 0.1) is 23.5 Å². The maximum Gasteiger partial charge on any atom is 0.167 e. The summed E-state index contributed by atoms with van der Waals surface area (Å²) in [5, 5.41) is 0. The highest BCUT2D eigenvalue weighted by Gasteiger charge is 2.57. The van der Waals surface area contributed by atoms with Crippen molar-refractivity contribution in [3.63, 3.8) is 0 Å². The van der Waals surface area contributed by atoms with E-state index < -0.39 is 11.7 Å². The summed E-state index contributed by atoms with van der Waals surface area (Å²) in [6, 6.07) is 11.2. The molecule has 0 N–H and O–H groups in total. The third kappa shape index (κ3) is 2.56. The summed E-state index contributed by atoms with van der Waals surface area (Å²) in [7, 11) is 0. The molecule has 3 unspecified atom stereocenters. The van der Waals surface area contributed by atoms with Crippen molar-refractivity contribution in [1.29, 1.82) is 0 Å². The van der Waals surface area contributed by atoms with Crippen LogP contribution < -0.4 is 0 Å². The molecule has 0 spiro atoms. The van der Waals surface area contributed by atoms with Gasteiger partial charge in [-0.15, -0.1) is 0 Å². The summed E-state index contributed by atoms with van der Waals surface area (Å²) in [5.41, 5.74) is 1.17. The first-order chi connectivity index (χ1) is 10.5. The average molecular weight is 300 g/mol. The monoisotopic (exact) mass is 300 g/mol. The molecule has 3 rings (SSSR count). The Balaban J connectivity index is 1.88. The third-order valence-electron chi connectivity index (χ3n) is 4.18. The number of carbonyl (C=O) groups excluding carboxylic acids is 2. The fourth-order valence-electron chi connectivity index (χ4n) is 3.05. The van der Waals surface area contributed by atoms with Crippen molar-refractivity contribution in [2.24, 2.45) is 11.8 Å². The molecular weight excluding hydrogens is 286 g/mol. The fourth-order valence-corrected chi connectivity index (χ4v) is 3.05. The van der Waals surface area contributed by atoms with Crippen LogP contribution in [-0.4, -0.2) is 11.6 Å². The van der Waals surface area contributed by atoms with E-state index >= 15 is 0 Å². The van der Waals surface area contributed by atoms with E-state index in [-0.39, 0.29) is 29.2 Å². The molecule has 3 atom stereocenters. The Hall–Kier alpha value is -2.36. The second-order valence-electron chi connectivity index (χ2n) is 5.61. The van der Waals surface area contributed by atoms with Gasteiger partial charge in [0.15, 0.2) is 5.78 Å². The van der Waals surface area contributed by atoms with E-state index in [4.69, 9.17) is 0 Å². The average Bonchev–Trinajstić information content (AvgIpc) is 3.24. The van der Waals surface area contributed by atoms with Crippen LogP contribution in [0.4, 0.5) is 8.78 Å². The zero-order valence-electron chi connectivity index (χ0n) is 11.9. The van der Waals surface area contributed by atoms with E-state index in [1.165, 1.54) is 43.3 Å². The van der Waals surface area contributed by atoms with Gasteiger partial charge in [0, 0.05) is 23.3 Å². The number of halogens is 2. The van der Waals surface area contributed by atoms with Gasteiger partial charge in [-0.05, 0) is 48.9 Å². The highest BCUT2D eigenvalue weighted by molar-refractivity contribution is 6.05. The van der Waals surface area contributed by atoms with Crippen molar-refractivity contribution in [2.75, 3.05) is 0 Å². The van der Waals surface area contributed by atoms with E-state index in [2.05, 4.69) is 0 Å². The Morgan fingerprint density at radius 3 is 1.82 bits per heavy atom. The van der Waals surface area contributed by atoms with Gasteiger partial charge >= 0.3 is 0 Å². The lowest BCUT2D eigenvalue weighted by Crippen LogP contribution is -2.06. The molecule has 0 aliphatic heterocycles. The van der Waals surface area contributed by atoms with Crippen LogP contribution >= 0.6 is 0 Å². The lowest BCUT2D eigenvalue weighted by molar-refractivity contribution is -0.118. The number of Topliss-reactive ketones (excluding diaryl/α,β-unsaturated/α-hetero) is 2. The van der Waals surface area contributed by atoms with E-state index in [1.807, 2.05) is 0 Å². The van der Waals surface area contributed by atoms with E-state index in [9.17, 15) is 18.4 Å². The first kappa shape index (κ1) is 14.6. The van der Waals surface area contributed by atoms with Crippen LogP contribution in [0.15, 0.2) is 48.5 Å². The standard InChI is InChI=1S/C18H14F2O2/c1-10(21)15-16(11-2-6-13(19)7-3-11)17(15)18(22)12-4-8-14(20)9-5-12/h2-9,15-17H,1H3. The van der Waals surface area contributed by atoms with Gasteiger partial charge in [-0.25, -0.2) is 8.78 Å². The maximum atomic E-state index is 13.0. The largest absolute Gasteiger partial charge is 0.300 e. The van der Waals surface area contributed by atoms with Gasteiger partial charge in [0.25, 0.3) is 0 Å². The SMILES string of the molecule is CC(=O)C1C(C(=O)c2ccc(F)cc2)C1c1ccc(F)cc1. The molecule has 0 aromatic heterocycles. The molecular formula is C18H14F2O2. The van der Waals surface area contributed by atoms with Gasteiger partial charge in [0.1, 0.15) is 17.4 Å². The summed E-state index contributed by atoms with van der Waals surface area (Å²) < 4.78 is 26.0. The number of rotatable bonds is 4. The molecule has 2 aromatic rings. The molecule has 1 fully saturated rings. The smallest absolute Gasteiger partial charge is 0.167 e. The molecule has 0 heterocycles. The number of benzene rings is 2. The van der Waals surface area contributed by atoms with Crippen LogP contribution in [0.25, 0.3) is 0 Å². The first-order valence-electron chi connectivity index (χ1n) is 7.04. The molecule has 1 saturated carbocycles. The van der Waals surface area contributed by atoms with Gasteiger partial charge < -0.3 is 0 Å². The molecule has 4 heteroatoms. The van der Waals surface area contributed by atoms with Gasteiger partial charge in [-0.2, -0.15) is 0 Å². The second-order valence-corrected chi connectivity index (χ2v) is 5.61. The summed E-state index contributed by atoms with van der Waals surface area (Å²) in [4.78, 5) is 24.3. The van der Waals surface area contributed by atoms with Crippen LogP contribution in [0.2, 0.25) is 0 Å². The zero-order chi connectivity index (χ0) is 15.9. The molecule has 0 radical (unpaired) electrons. The number of ketones is 2. The minimum absolute atomic E-state index is 0.0604. The van der Waals surface area contributed by atoms with E-state index in [0.717, 1.165) is 5.56 Å². The second kappa shape index (κ2) is 5.44. The third-order valence-corrected chi connectivity index (χ3v) is 4.18. The molecule has 2 aromatic carbocycles. The van der Waals surface area contributed by atoms with Crippen molar-refractivity contribution in [1.82, 2.24) is 0 Å². The molecule has 0 bridgehead atoms. The predicted octanol–water partition coefficient (Wildman–Crippen LogP) is 3.77. The van der Waals surface area contributed by atoms with Crippen molar-refractivity contribution in [3.8, 4) is 0 Å². The normalized spacial score (nSPS) is 23.1. The molecule has 2 nitrogen and oxygen atoms in total. The van der Waals surface area contributed by atoms with Crippen LogP contribution in [0.3, 0.4) is 0 Å². The summed E-state index contributed by atoms with van der Waals surface area (Å²) in [6.45, 7) is 1.46. The molecule has 22 heavy (non-hydrogen) atoms. The number of hydrogen-bond acceptors (Lipinski definition) is 2. The van der Waals surface area contributed by atoms with Crippen LogP contribution in [-0.2, 0) is 4.79 Å². The Morgan fingerprint density at radius 2 is 1.32 bits per heavy atom. The highest BCUT2D eigenvalue weighted by atomic mass is 19.1. The van der Waals surface area contributed by atoms with Gasteiger partial charge in [-0.3, -0.25) is 9.59 Å². The first-order valence-corrected chi connectivity index (χ1v) is 7.04. The van der Waals surface area contributed by atoms with Gasteiger partial charge in [0.05, 0.1) is 0 Å². The number of hydrogen-bond donors (Lipinski definition) is 0. The zero-order valence-corrected chi connectivity index (χ0v) is 11.9. The molecule has 0 amide bonds. The lowest BCUT2D eigenvalue weighted by atomic mass is 10.0. The maximum absolute atomic E-state index is 13.0. The Labute approximate surface area is 126 Å². The Kier molecular flexibility index (Phi) is 3.61. The molecule has 112 valence electrons. The quantitative estimate of drug-likeness (QED) is 0.806.